The second-order valence-electron chi connectivity index (χ2n) is 5.93. The van der Waals surface area contributed by atoms with Gasteiger partial charge in [-0.25, -0.2) is 4.98 Å². The SMILES string of the molecule is Cc1cc(N2CCOCC2)n2nc(-c3ccccc3)c(C)c2n1. The third-order valence-electron chi connectivity index (χ3n) is 4.31. The maximum absolute atomic E-state index is 5.47. The predicted molar refractivity (Wildman–Crippen MR) is 90.9 cm³/mol. The molecule has 0 radical (unpaired) electrons. The van der Waals surface area contributed by atoms with Crippen LogP contribution in [0.5, 0.6) is 0 Å². The zero-order chi connectivity index (χ0) is 15.8. The fourth-order valence-electron chi connectivity index (χ4n) is 3.11. The molecule has 0 bridgehead atoms. The van der Waals surface area contributed by atoms with Crippen molar-refractivity contribution >= 4 is 11.5 Å². The van der Waals surface area contributed by atoms with Gasteiger partial charge in [0.05, 0.1) is 18.9 Å². The smallest absolute Gasteiger partial charge is 0.161 e. The van der Waals surface area contributed by atoms with Gasteiger partial charge in [0.1, 0.15) is 5.82 Å². The van der Waals surface area contributed by atoms with Gasteiger partial charge in [-0.2, -0.15) is 9.61 Å². The standard InChI is InChI=1S/C18H20N4O/c1-13-12-16(21-8-10-23-11-9-21)22-18(19-13)14(2)17(20-22)15-6-4-3-5-7-15/h3-7,12H,8-11H2,1-2H3. The summed E-state index contributed by atoms with van der Waals surface area (Å²) >= 11 is 0. The van der Waals surface area contributed by atoms with Gasteiger partial charge in [0.2, 0.25) is 0 Å². The van der Waals surface area contributed by atoms with Crippen molar-refractivity contribution in [2.45, 2.75) is 13.8 Å². The molecule has 23 heavy (non-hydrogen) atoms. The molecule has 1 saturated heterocycles. The predicted octanol–water partition coefficient (Wildman–Crippen LogP) is 2.85. The third-order valence-corrected chi connectivity index (χ3v) is 4.31. The Bertz CT molecular complexity index is 835. The van der Waals surface area contributed by atoms with Gasteiger partial charge in [-0.05, 0) is 13.8 Å². The van der Waals surface area contributed by atoms with Crippen molar-refractivity contribution in [3.63, 3.8) is 0 Å². The van der Waals surface area contributed by atoms with Crippen LogP contribution in [0.3, 0.4) is 0 Å². The molecular weight excluding hydrogens is 288 g/mol. The molecule has 5 heteroatoms. The number of rotatable bonds is 2. The molecule has 2 aromatic heterocycles. The lowest BCUT2D eigenvalue weighted by Gasteiger charge is -2.29. The summed E-state index contributed by atoms with van der Waals surface area (Å²) in [7, 11) is 0. The van der Waals surface area contributed by atoms with E-state index in [0.29, 0.717) is 0 Å². The van der Waals surface area contributed by atoms with Crippen LogP contribution >= 0.6 is 0 Å². The lowest BCUT2D eigenvalue weighted by Crippen LogP contribution is -2.37. The zero-order valence-corrected chi connectivity index (χ0v) is 13.5. The van der Waals surface area contributed by atoms with Gasteiger partial charge in [0.15, 0.2) is 5.65 Å². The number of morpholine rings is 1. The molecule has 1 aliphatic rings. The lowest BCUT2D eigenvalue weighted by molar-refractivity contribution is 0.122. The average Bonchev–Trinajstić information content (AvgIpc) is 2.93. The molecule has 118 valence electrons. The molecular formula is C18H20N4O. The highest BCUT2D eigenvalue weighted by atomic mass is 16.5. The summed E-state index contributed by atoms with van der Waals surface area (Å²) in [5.41, 5.74) is 5.20. The van der Waals surface area contributed by atoms with Crippen LogP contribution in [-0.4, -0.2) is 40.9 Å². The number of aryl methyl sites for hydroxylation is 2. The Morgan fingerprint density at radius 1 is 1.04 bits per heavy atom. The number of hydrogen-bond acceptors (Lipinski definition) is 4. The van der Waals surface area contributed by atoms with Crippen LogP contribution in [0, 0.1) is 13.8 Å². The van der Waals surface area contributed by atoms with E-state index in [4.69, 9.17) is 14.8 Å². The molecule has 5 nitrogen and oxygen atoms in total. The summed E-state index contributed by atoms with van der Waals surface area (Å²) in [4.78, 5) is 7.05. The van der Waals surface area contributed by atoms with Crippen molar-refractivity contribution in [1.29, 1.82) is 0 Å². The summed E-state index contributed by atoms with van der Waals surface area (Å²) in [5.74, 6) is 1.10. The number of ether oxygens (including phenoxy) is 1. The Morgan fingerprint density at radius 3 is 2.52 bits per heavy atom. The first kappa shape index (κ1) is 14.2. The van der Waals surface area contributed by atoms with Crippen LogP contribution in [0.25, 0.3) is 16.9 Å². The average molecular weight is 308 g/mol. The van der Waals surface area contributed by atoms with E-state index in [0.717, 1.165) is 60.3 Å². The molecule has 0 unspecified atom stereocenters. The Hall–Kier alpha value is -2.40. The lowest BCUT2D eigenvalue weighted by atomic mass is 10.1. The highest BCUT2D eigenvalue weighted by Gasteiger charge is 2.19. The van der Waals surface area contributed by atoms with Gasteiger partial charge < -0.3 is 9.64 Å². The van der Waals surface area contributed by atoms with Gasteiger partial charge in [0, 0.05) is 36.0 Å². The van der Waals surface area contributed by atoms with Crippen LogP contribution in [0.2, 0.25) is 0 Å². The van der Waals surface area contributed by atoms with Crippen molar-refractivity contribution in [2.75, 3.05) is 31.2 Å². The molecule has 1 aromatic carbocycles. The van der Waals surface area contributed by atoms with Gasteiger partial charge >= 0.3 is 0 Å². The largest absolute Gasteiger partial charge is 0.378 e. The first-order chi connectivity index (χ1) is 11.2. The number of hydrogen-bond donors (Lipinski definition) is 0. The maximum Gasteiger partial charge on any atom is 0.161 e. The van der Waals surface area contributed by atoms with E-state index < -0.39 is 0 Å². The van der Waals surface area contributed by atoms with Gasteiger partial charge in [0.25, 0.3) is 0 Å². The van der Waals surface area contributed by atoms with E-state index >= 15 is 0 Å². The number of benzene rings is 1. The van der Waals surface area contributed by atoms with Crippen molar-refractivity contribution in [3.8, 4) is 11.3 Å². The molecule has 0 amide bonds. The van der Waals surface area contributed by atoms with Crippen LogP contribution in [0.15, 0.2) is 36.4 Å². The fourth-order valence-corrected chi connectivity index (χ4v) is 3.11. The zero-order valence-electron chi connectivity index (χ0n) is 13.5. The summed E-state index contributed by atoms with van der Waals surface area (Å²) in [6.07, 6.45) is 0. The highest BCUT2D eigenvalue weighted by molar-refractivity contribution is 5.71. The molecule has 1 aliphatic heterocycles. The summed E-state index contributed by atoms with van der Waals surface area (Å²) in [6.45, 7) is 7.43. The quantitative estimate of drug-likeness (QED) is 0.730. The van der Waals surface area contributed by atoms with Crippen molar-refractivity contribution in [1.82, 2.24) is 14.6 Å². The third kappa shape index (κ3) is 2.47. The minimum absolute atomic E-state index is 0.759. The Kier molecular flexibility index (Phi) is 3.50. The molecule has 0 spiro atoms. The first-order valence-corrected chi connectivity index (χ1v) is 7.99. The molecule has 1 fully saturated rings. The maximum atomic E-state index is 5.47. The Balaban J connectivity index is 1.91. The van der Waals surface area contributed by atoms with E-state index in [1.807, 2.05) is 29.6 Å². The van der Waals surface area contributed by atoms with Crippen LogP contribution in [-0.2, 0) is 4.74 Å². The van der Waals surface area contributed by atoms with Crippen molar-refractivity contribution < 1.29 is 4.74 Å². The molecule has 3 aromatic rings. The van der Waals surface area contributed by atoms with Crippen LogP contribution < -0.4 is 4.90 Å². The van der Waals surface area contributed by atoms with Crippen molar-refractivity contribution in [2.24, 2.45) is 0 Å². The van der Waals surface area contributed by atoms with E-state index in [2.05, 4.69) is 30.0 Å². The molecule has 0 atom stereocenters. The van der Waals surface area contributed by atoms with Crippen molar-refractivity contribution in [3.05, 3.63) is 47.7 Å². The van der Waals surface area contributed by atoms with E-state index in [1.54, 1.807) is 0 Å². The minimum Gasteiger partial charge on any atom is -0.378 e. The second-order valence-corrected chi connectivity index (χ2v) is 5.93. The van der Waals surface area contributed by atoms with Gasteiger partial charge in [-0.1, -0.05) is 30.3 Å². The summed E-state index contributed by atoms with van der Waals surface area (Å²) in [5, 5.41) is 4.87. The monoisotopic (exact) mass is 308 g/mol. The molecule has 4 rings (SSSR count). The van der Waals surface area contributed by atoms with Gasteiger partial charge in [-0.3, -0.25) is 0 Å². The number of nitrogens with zero attached hydrogens (tertiary/aromatic N) is 4. The van der Waals surface area contributed by atoms with Crippen LogP contribution in [0.1, 0.15) is 11.3 Å². The summed E-state index contributed by atoms with van der Waals surface area (Å²) < 4.78 is 7.46. The second kappa shape index (κ2) is 5.66. The molecule has 0 aliphatic carbocycles. The number of fused-ring (bicyclic) bond motifs is 1. The fraction of sp³-hybridized carbons (Fsp3) is 0.333. The van der Waals surface area contributed by atoms with E-state index in [9.17, 15) is 0 Å². The highest BCUT2D eigenvalue weighted by Crippen LogP contribution is 2.28. The normalized spacial score (nSPS) is 15.3. The molecule has 3 heterocycles. The van der Waals surface area contributed by atoms with E-state index in [1.165, 1.54) is 0 Å². The Labute approximate surface area is 135 Å². The summed E-state index contributed by atoms with van der Waals surface area (Å²) in [6, 6.07) is 12.4. The topological polar surface area (TPSA) is 42.7 Å². The Morgan fingerprint density at radius 2 is 1.78 bits per heavy atom. The first-order valence-electron chi connectivity index (χ1n) is 7.99. The minimum atomic E-state index is 0.759. The molecule has 0 saturated carbocycles. The number of anilines is 1. The van der Waals surface area contributed by atoms with E-state index in [-0.39, 0.29) is 0 Å². The number of aromatic nitrogens is 3. The van der Waals surface area contributed by atoms with Gasteiger partial charge in [-0.15, -0.1) is 0 Å². The molecule has 0 N–H and O–H groups in total. The van der Waals surface area contributed by atoms with Crippen LogP contribution in [0.4, 0.5) is 5.82 Å².